The van der Waals surface area contributed by atoms with E-state index < -0.39 is 0 Å². The number of hydrogen-bond acceptors (Lipinski definition) is 3. The Morgan fingerprint density at radius 1 is 1.26 bits per heavy atom. The van der Waals surface area contributed by atoms with Crippen LogP contribution in [0.15, 0.2) is 51.5 Å². The summed E-state index contributed by atoms with van der Waals surface area (Å²) in [5.41, 5.74) is 1.77. The van der Waals surface area contributed by atoms with Gasteiger partial charge in [-0.05, 0) is 30.7 Å². The van der Waals surface area contributed by atoms with Gasteiger partial charge < -0.3 is 14.2 Å². The maximum absolute atomic E-state index is 12.0. The highest BCUT2D eigenvalue weighted by molar-refractivity contribution is 5.96. The molecule has 0 unspecified atom stereocenters. The molecule has 0 bridgehead atoms. The van der Waals surface area contributed by atoms with Crippen molar-refractivity contribution < 1.29 is 13.6 Å². The third kappa shape index (κ3) is 2.25. The Kier molecular flexibility index (Phi) is 2.83. The molecule has 0 spiro atoms. The number of carbonyl (C=O) groups excluding carboxylic acids is 1. The van der Waals surface area contributed by atoms with Gasteiger partial charge >= 0.3 is 0 Å². The summed E-state index contributed by atoms with van der Waals surface area (Å²) in [6.07, 6.45) is 1.58. The highest BCUT2D eigenvalue weighted by Gasteiger charge is 2.13. The Hall–Kier alpha value is -2.49. The van der Waals surface area contributed by atoms with E-state index in [9.17, 15) is 4.79 Å². The molecule has 2 heterocycles. The predicted octanol–water partition coefficient (Wildman–Crippen LogP) is 3.26. The first-order chi connectivity index (χ1) is 9.24. The second kappa shape index (κ2) is 4.65. The van der Waals surface area contributed by atoms with Crippen LogP contribution in [-0.2, 0) is 6.54 Å². The number of benzene rings is 1. The van der Waals surface area contributed by atoms with Gasteiger partial charge in [-0.15, -0.1) is 0 Å². The van der Waals surface area contributed by atoms with Crippen LogP contribution in [0.1, 0.15) is 21.9 Å². The van der Waals surface area contributed by atoms with Crippen molar-refractivity contribution in [2.75, 3.05) is 0 Å². The molecule has 1 aromatic carbocycles. The van der Waals surface area contributed by atoms with Crippen LogP contribution in [0.25, 0.3) is 11.0 Å². The number of fused-ring (bicyclic) bond motifs is 1. The third-order valence-electron chi connectivity index (χ3n) is 2.97. The van der Waals surface area contributed by atoms with Crippen molar-refractivity contribution in [3.63, 3.8) is 0 Å². The van der Waals surface area contributed by atoms with Gasteiger partial charge in [-0.25, -0.2) is 0 Å². The summed E-state index contributed by atoms with van der Waals surface area (Å²) in [7, 11) is 0. The van der Waals surface area contributed by atoms with Crippen LogP contribution in [0.2, 0.25) is 0 Å². The lowest BCUT2D eigenvalue weighted by Crippen LogP contribution is -2.21. The van der Waals surface area contributed by atoms with Crippen molar-refractivity contribution >= 4 is 16.9 Å². The van der Waals surface area contributed by atoms with Crippen LogP contribution >= 0.6 is 0 Å². The van der Waals surface area contributed by atoms with Gasteiger partial charge in [0.15, 0.2) is 5.76 Å². The molecule has 4 nitrogen and oxygen atoms in total. The van der Waals surface area contributed by atoms with E-state index in [1.807, 2.05) is 31.2 Å². The van der Waals surface area contributed by atoms with E-state index in [-0.39, 0.29) is 5.91 Å². The number of furan rings is 2. The summed E-state index contributed by atoms with van der Waals surface area (Å²) in [5, 5.41) is 3.69. The van der Waals surface area contributed by atoms with Crippen molar-refractivity contribution in [1.82, 2.24) is 5.32 Å². The molecule has 0 aliphatic heterocycles. The Bertz CT molecular complexity index is 710. The highest BCUT2D eigenvalue weighted by atomic mass is 16.3. The third-order valence-corrected chi connectivity index (χ3v) is 2.97. The van der Waals surface area contributed by atoms with Crippen molar-refractivity contribution in [2.45, 2.75) is 13.5 Å². The fourth-order valence-corrected chi connectivity index (χ4v) is 1.99. The summed E-state index contributed by atoms with van der Waals surface area (Å²) < 4.78 is 10.7. The molecule has 0 radical (unpaired) electrons. The van der Waals surface area contributed by atoms with Crippen LogP contribution in [0.5, 0.6) is 0 Å². The minimum Gasteiger partial charge on any atom is -0.467 e. The topological polar surface area (TPSA) is 55.4 Å². The molecule has 0 aliphatic carbocycles. The molecular formula is C15H13NO3. The molecule has 0 atom stereocenters. The van der Waals surface area contributed by atoms with Crippen LogP contribution in [-0.4, -0.2) is 5.91 Å². The van der Waals surface area contributed by atoms with Gasteiger partial charge in [-0.2, -0.15) is 0 Å². The molecule has 1 amide bonds. The predicted molar refractivity (Wildman–Crippen MR) is 70.8 cm³/mol. The summed E-state index contributed by atoms with van der Waals surface area (Å²) >= 11 is 0. The maximum Gasteiger partial charge on any atom is 0.287 e. The average molecular weight is 255 g/mol. The standard InChI is InChI=1S/C15H13NO3/c1-10-4-2-5-11-8-13(19-14(10)11)15(17)16-9-12-6-3-7-18-12/h2-8H,9H2,1H3,(H,16,17). The summed E-state index contributed by atoms with van der Waals surface area (Å²) in [4.78, 5) is 12.0. The minimum absolute atomic E-state index is 0.244. The van der Waals surface area contributed by atoms with Crippen LogP contribution in [0.4, 0.5) is 0 Å². The molecule has 0 aliphatic rings. The molecular weight excluding hydrogens is 242 g/mol. The van der Waals surface area contributed by atoms with E-state index in [1.165, 1.54) is 0 Å². The zero-order valence-electron chi connectivity index (χ0n) is 10.5. The molecule has 0 saturated heterocycles. The van der Waals surface area contributed by atoms with Crippen LogP contribution < -0.4 is 5.32 Å². The smallest absolute Gasteiger partial charge is 0.287 e. The number of amides is 1. The van der Waals surface area contributed by atoms with Gasteiger partial charge in [-0.3, -0.25) is 4.79 Å². The van der Waals surface area contributed by atoms with E-state index in [0.29, 0.717) is 18.1 Å². The molecule has 3 aromatic rings. The van der Waals surface area contributed by atoms with Gasteiger partial charge in [0.1, 0.15) is 11.3 Å². The lowest BCUT2D eigenvalue weighted by molar-refractivity contribution is 0.0922. The maximum atomic E-state index is 12.0. The monoisotopic (exact) mass is 255 g/mol. The van der Waals surface area contributed by atoms with Gasteiger partial charge in [0.25, 0.3) is 5.91 Å². The zero-order chi connectivity index (χ0) is 13.2. The van der Waals surface area contributed by atoms with Gasteiger partial charge in [0, 0.05) is 5.39 Å². The van der Waals surface area contributed by atoms with Gasteiger partial charge in [0.05, 0.1) is 12.8 Å². The number of aryl methyl sites for hydroxylation is 1. The van der Waals surface area contributed by atoms with Crippen molar-refractivity contribution in [1.29, 1.82) is 0 Å². The number of carbonyl (C=O) groups is 1. The molecule has 2 aromatic heterocycles. The van der Waals surface area contributed by atoms with Crippen molar-refractivity contribution in [2.24, 2.45) is 0 Å². The SMILES string of the molecule is Cc1cccc2cc(C(=O)NCc3ccco3)oc12. The molecule has 3 rings (SSSR count). The fraction of sp³-hybridized carbons (Fsp3) is 0.133. The van der Waals surface area contributed by atoms with E-state index in [1.54, 1.807) is 18.4 Å². The number of hydrogen-bond donors (Lipinski definition) is 1. The first-order valence-electron chi connectivity index (χ1n) is 6.04. The first-order valence-corrected chi connectivity index (χ1v) is 6.04. The van der Waals surface area contributed by atoms with E-state index in [0.717, 1.165) is 16.5 Å². The lowest BCUT2D eigenvalue weighted by atomic mass is 10.2. The Morgan fingerprint density at radius 2 is 2.16 bits per heavy atom. The molecule has 1 N–H and O–H groups in total. The van der Waals surface area contributed by atoms with E-state index in [2.05, 4.69) is 5.32 Å². The molecule has 0 fully saturated rings. The molecule has 19 heavy (non-hydrogen) atoms. The van der Waals surface area contributed by atoms with Crippen molar-refractivity contribution in [3.05, 3.63) is 59.7 Å². The quantitative estimate of drug-likeness (QED) is 0.781. The Labute approximate surface area is 110 Å². The van der Waals surface area contributed by atoms with E-state index >= 15 is 0 Å². The number of para-hydroxylation sites is 1. The molecule has 0 saturated carbocycles. The largest absolute Gasteiger partial charge is 0.467 e. The average Bonchev–Trinajstić information content (AvgIpc) is 3.05. The van der Waals surface area contributed by atoms with Gasteiger partial charge in [-0.1, -0.05) is 18.2 Å². The zero-order valence-corrected chi connectivity index (χ0v) is 10.5. The number of rotatable bonds is 3. The van der Waals surface area contributed by atoms with Crippen LogP contribution in [0, 0.1) is 6.92 Å². The lowest BCUT2D eigenvalue weighted by Gasteiger charge is -1.99. The molecule has 4 heteroatoms. The van der Waals surface area contributed by atoms with Gasteiger partial charge in [0.2, 0.25) is 0 Å². The Morgan fingerprint density at radius 3 is 2.89 bits per heavy atom. The summed E-state index contributed by atoms with van der Waals surface area (Å²) in [5.74, 6) is 0.781. The minimum atomic E-state index is -0.244. The fourth-order valence-electron chi connectivity index (χ4n) is 1.99. The molecule has 96 valence electrons. The number of nitrogens with one attached hydrogen (secondary N) is 1. The first kappa shape index (κ1) is 11.6. The van der Waals surface area contributed by atoms with Crippen molar-refractivity contribution in [3.8, 4) is 0 Å². The van der Waals surface area contributed by atoms with Crippen LogP contribution in [0.3, 0.4) is 0 Å². The summed E-state index contributed by atoms with van der Waals surface area (Å²) in [6.45, 7) is 2.30. The Balaban J connectivity index is 1.80. The highest BCUT2D eigenvalue weighted by Crippen LogP contribution is 2.22. The second-order valence-corrected chi connectivity index (χ2v) is 4.37. The van der Waals surface area contributed by atoms with E-state index in [4.69, 9.17) is 8.83 Å². The second-order valence-electron chi connectivity index (χ2n) is 4.37. The normalized spacial score (nSPS) is 10.8. The summed E-state index contributed by atoms with van der Waals surface area (Å²) in [6, 6.07) is 11.2.